The van der Waals surface area contributed by atoms with Crippen LogP contribution in [0.1, 0.15) is 44.5 Å². The number of aryl methyl sites for hydroxylation is 1. The summed E-state index contributed by atoms with van der Waals surface area (Å²) in [6, 6.07) is 0.624. The van der Waals surface area contributed by atoms with E-state index in [9.17, 15) is 0 Å². The van der Waals surface area contributed by atoms with Crippen molar-refractivity contribution >= 4 is 16.5 Å². The summed E-state index contributed by atoms with van der Waals surface area (Å²) in [5, 5.41) is 13.9. The van der Waals surface area contributed by atoms with Crippen LogP contribution in [0.2, 0.25) is 0 Å². The summed E-state index contributed by atoms with van der Waals surface area (Å²) in [5.74, 6) is 0.906. The minimum atomic E-state index is 0.624. The zero-order valence-electron chi connectivity index (χ0n) is 9.49. The SMILES string of the molecule is CCc1nnc(NC2CCC(C)CC2)s1. The zero-order valence-corrected chi connectivity index (χ0v) is 10.3. The molecule has 1 aliphatic rings. The maximum absolute atomic E-state index is 4.16. The topological polar surface area (TPSA) is 37.8 Å². The van der Waals surface area contributed by atoms with E-state index < -0.39 is 0 Å². The van der Waals surface area contributed by atoms with Gasteiger partial charge in [-0.05, 0) is 38.0 Å². The molecule has 0 amide bonds. The standard InChI is InChI=1S/C11H19N3S/c1-3-10-13-14-11(15-10)12-9-6-4-8(2)5-7-9/h8-9H,3-7H2,1-2H3,(H,12,14). The van der Waals surface area contributed by atoms with Gasteiger partial charge < -0.3 is 5.32 Å². The average molecular weight is 225 g/mol. The number of hydrogen-bond acceptors (Lipinski definition) is 4. The minimum Gasteiger partial charge on any atom is -0.357 e. The molecule has 0 atom stereocenters. The largest absolute Gasteiger partial charge is 0.357 e. The highest BCUT2D eigenvalue weighted by Gasteiger charge is 2.18. The van der Waals surface area contributed by atoms with Gasteiger partial charge in [0.15, 0.2) is 0 Å². The Balaban J connectivity index is 1.86. The van der Waals surface area contributed by atoms with Crippen LogP contribution >= 0.6 is 11.3 Å². The lowest BCUT2D eigenvalue weighted by Crippen LogP contribution is -2.25. The summed E-state index contributed by atoms with van der Waals surface area (Å²) in [7, 11) is 0. The van der Waals surface area contributed by atoms with Gasteiger partial charge in [0.2, 0.25) is 5.13 Å². The molecular formula is C11H19N3S. The van der Waals surface area contributed by atoms with E-state index in [0.29, 0.717) is 6.04 Å². The molecule has 1 saturated carbocycles. The van der Waals surface area contributed by atoms with Crippen LogP contribution in [0.3, 0.4) is 0 Å². The summed E-state index contributed by atoms with van der Waals surface area (Å²) >= 11 is 1.69. The van der Waals surface area contributed by atoms with Gasteiger partial charge in [-0.15, -0.1) is 10.2 Å². The fraction of sp³-hybridized carbons (Fsp3) is 0.818. The van der Waals surface area contributed by atoms with E-state index in [2.05, 4.69) is 29.4 Å². The molecule has 1 N–H and O–H groups in total. The number of nitrogens with one attached hydrogen (secondary N) is 1. The maximum atomic E-state index is 4.16. The number of hydrogen-bond donors (Lipinski definition) is 1. The van der Waals surface area contributed by atoms with E-state index in [4.69, 9.17) is 0 Å². The van der Waals surface area contributed by atoms with Crippen LogP contribution in [-0.2, 0) is 6.42 Å². The van der Waals surface area contributed by atoms with Crippen LogP contribution in [0.5, 0.6) is 0 Å². The number of anilines is 1. The van der Waals surface area contributed by atoms with Crippen molar-refractivity contribution in [3.8, 4) is 0 Å². The Morgan fingerprint density at radius 3 is 2.60 bits per heavy atom. The maximum Gasteiger partial charge on any atom is 0.205 e. The molecule has 4 heteroatoms. The van der Waals surface area contributed by atoms with Crippen LogP contribution < -0.4 is 5.32 Å². The van der Waals surface area contributed by atoms with Gasteiger partial charge in [-0.2, -0.15) is 0 Å². The second-order valence-electron chi connectivity index (χ2n) is 4.46. The fourth-order valence-electron chi connectivity index (χ4n) is 2.03. The number of rotatable bonds is 3. The van der Waals surface area contributed by atoms with E-state index in [-0.39, 0.29) is 0 Å². The first kappa shape index (κ1) is 10.9. The summed E-state index contributed by atoms with van der Waals surface area (Å²) in [6.07, 6.45) is 6.24. The first-order valence-electron chi connectivity index (χ1n) is 5.87. The fourth-order valence-corrected chi connectivity index (χ4v) is 2.79. The average Bonchev–Trinajstić information content (AvgIpc) is 2.69. The first-order valence-corrected chi connectivity index (χ1v) is 6.68. The molecule has 0 aromatic carbocycles. The van der Waals surface area contributed by atoms with Crippen LogP contribution in [0.25, 0.3) is 0 Å². The van der Waals surface area contributed by atoms with Gasteiger partial charge in [0.05, 0.1) is 0 Å². The van der Waals surface area contributed by atoms with Crippen molar-refractivity contribution in [2.45, 2.75) is 52.0 Å². The van der Waals surface area contributed by atoms with E-state index >= 15 is 0 Å². The molecule has 1 aromatic rings. The predicted octanol–water partition coefficient (Wildman–Crippen LogP) is 3.09. The van der Waals surface area contributed by atoms with E-state index in [1.807, 2.05) is 0 Å². The Morgan fingerprint density at radius 2 is 2.00 bits per heavy atom. The van der Waals surface area contributed by atoms with Gasteiger partial charge in [-0.3, -0.25) is 0 Å². The molecule has 0 bridgehead atoms. The molecule has 0 unspecified atom stereocenters. The quantitative estimate of drug-likeness (QED) is 0.859. The Hall–Kier alpha value is -0.640. The Bertz CT molecular complexity index is 303. The number of nitrogens with zero attached hydrogens (tertiary/aromatic N) is 2. The van der Waals surface area contributed by atoms with Gasteiger partial charge in [-0.1, -0.05) is 25.2 Å². The highest BCUT2D eigenvalue weighted by molar-refractivity contribution is 7.15. The molecule has 2 rings (SSSR count). The molecule has 0 saturated heterocycles. The summed E-state index contributed by atoms with van der Waals surface area (Å²) in [5.41, 5.74) is 0. The van der Waals surface area contributed by atoms with Crippen molar-refractivity contribution in [3.63, 3.8) is 0 Å². The van der Waals surface area contributed by atoms with E-state index in [0.717, 1.165) is 22.5 Å². The van der Waals surface area contributed by atoms with Gasteiger partial charge >= 0.3 is 0 Å². The smallest absolute Gasteiger partial charge is 0.205 e. The van der Waals surface area contributed by atoms with Crippen molar-refractivity contribution in [1.29, 1.82) is 0 Å². The highest BCUT2D eigenvalue weighted by Crippen LogP contribution is 2.27. The van der Waals surface area contributed by atoms with Gasteiger partial charge in [0.25, 0.3) is 0 Å². The van der Waals surface area contributed by atoms with Crippen molar-refractivity contribution in [3.05, 3.63) is 5.01 Å². The lowest BCUT2D eigenvalue weighted by Gasteiger charge is -2.26. The molecular weight excluding hydrogens is 206 g/mol. The third-order valence-electron chi connectivity index (χ3n) is 3.11. The molecule has 1 heterocycles. The molecule has 84 valence electrons. The minimum absolute atomic E-state index is 0.624. The van der Waals surface area contributed by atoms with E-state index in [1.165, 1.54) is 25.7 Å². The Labute approximate surface area is 95.3 Å². The van der Waals surface area contributed by atoms with Crippen LogP contribution in [-0.4, -0.2) is 16.2 Å². The zero-order chi connectivity index (χ0) is 10.7. The third kappa shape index (κ3) is 2.91. The van der Waals surface area contributed by atoms with Crippen molar-refractivity contribution < 1.29 is 0 Å². The molecule has 1 aliphatic carbocycles. The lowest BCUT2D eigenvalue weighted by molar-refractivity contribution is 0.361. The molecule has 1 fully saturated rings. The van der Waals surface area contributed by atoms with Crippen LogP contribution in [0.15, 0.2) is 0 Å². The Kier molecular flexibility index (Phi) is 3.57. The molecule has 0 spiro atoms. The second kappa shape index (κ2) is 4.92. The monoisotopic (exact) mass is 225 g/mol. The van der Waals surface area contributed by atoms with E-state index in [1.54, 1.807) is 11.3 Å². The molecule has 0 aliphatic heterocycles. The molecule has 1 aromatic heterocycles. The molecule has 3 nitrogen and oxygen atoms in total. The normalized spacial score (nSPS) is 26.5. The van der Waals surface area contributed by atoms with Crippen molar-refractivity contribution in [1.82, 2.24) is 10.2 Å². The second-order valence-corrected chi connectivity index (χ2v) is 5.52. The summed E-state index contributed by atoms with van der Waals surface area (Å²) in [4.78, 5) is 0. The van der Waals surface area contributed by atoms with Crippen molar-refractivity contribution in [2.75, 3.05) is 5.32 Å². The highest BCUT2D eigenvalue weighted by atomic mass is 32.1. The first-order chi connectivity index (χ1) is 7.28. The lowest BCUT2D eigenvalue weighted by atomic mass is 9.87. The van der Waals surface area contributed by atoms with Crippen LogP contribution in [0, 0.1) is 5.92 Å². The van der Waals surface area contributed by atoms with Gasteiger partial charge in [-0.25, -0.2) is 0 Å². The summed E-state index contributed by atoms with van der Waals surface area (Å²) in [6.45, 7) is 4.46. The molecule has 15 heavy (non-hydrogen) atoms. The summed E-state index contributed by atoms with van der Waals surface area (Å²) < 4.78 is 0. The molecule has 0 radical (unpaired) electrons. The predicted molar refractivity (Wildman–Crippen MR) is 64.3 cm³/mol. The Morgan fingerprint density at radius 1 is 1.27 bits per heavy atom. The van der Waals surface area contributed by atoms with Gasteiger partial charge in [0, 0.05) is 6.04 Å². The van der Waals surface area contributed by atoms with Crippen molar-refractivity contribution in [2.24, 2.45) is 5.92 Å². The third-order valence-corrected chi connectivity index (χ3v) is 4.11. The van der Waals surface area contributed by atoms with Gasteiger partial charge in [0.1, 0.15) is 5.01 Å². The number of aromatic nitrogens is 2. The van der Waals surface area contributed by atoms with Crippen LogP contribution in [0.4, 0.5) is 5.13 Å².